The minimum Gasteiger partial charge on any atom is -0.495 e. The quantitative estimate of drug-likeness (QED) is 0.645. The Bertz CT molecular complexity index is 644. The number of methoxy groups -OCH3 is 2. The lowest BCUT2D eigenvalue weighted by Crippen LogP contribution is -2.37. The van der Waals surface area contributed by atoms with Crippen LogP contribution in [-0.4, -0.2) is 48.2 Å². The summed E-state index contributed by atoms with van der Waals surface area (Å²) in [4.78, 5) is 11.7. The van der Waals surface area contributed by atoms with Crippen LogP contribution >= 0.6 is 0 Å². The summed E-state index contributed by atoms with van der Waals surface area (Å²) in [5, 5.41) is 2.61. The molecule has 0 aromatic heterocycles. The molecule has 0 fully saturated rings. The summed E-state index contributed by atoms with van der Waals surface area (Å²) < 4.78 is 37.0. The van der Waals surface area contributed by atoms with Crippen LogP contribution in [0.4, 0.5) is 0 Å². The topological polar surface area (TPSA) is 93.7 Å². The van der Waals surface area contributed by atoms with Crippen LogP contribution in [0.2, 0.25) is 0 Å². The predicted molar refractivity (Wildman–Crippen MR) is 87.2 cm³/mol. The van der Waals surface area contributed by atoms with E-state index in [9.17, 15) is 13.2 Å². The first-order valence-corrected chi connectivity index (χ1v) is 8.70. The van der Waals surface area contributed by atoms with Gasteiger partial charge in [0.05, 0.1) is 13.7 Å². The predicted octanol–water partition coefficient (Wildman–Crippen LogP) is 0.743. The van der Waals surface area contributed by atoms with Crippen molar-refractivity contribution in [2.45, 2.75) is 25.2 Å². The van der Waals surface area contributed by atoms with Gasteiger partial charge in [-0.25, -0.2) is 13.1 Å². The summed E-state index contributed by atoms with van der Waals surface area (Å²) in [6, 6.07) is 3.20. The van der Waals surface area contributed by atoms with Crippen LogP contribution in [0.5, 0.6) is 5.75 Å². The van der Waals surface area contributed by atoms with Gasteiger partial charge in [-0.3, -0.25) is 4.79 Å². The summed E-state index contributed by atoms with van der Waals surface area (Å²) in [6.07, 6.45) is 0.667. The average molecular weight is 344 g/mol. The van der Waals surface area contributed by atoms with Gasteiger partial charge in [0.25, 0.3) is 0 Å². The van der Waals surface area contributed by atoms with E-state index in [1.54, 1.807) is 13.2 Å². The maximum absolute atomic E-state index is 12.4. The molecular weight excluding hydrogens is 320 g/mol. The van der Waals surface area contributed by atoms with Gasteiger partial charge in [0.2, 0.25) is 15.9 Å². The number of aryl methyl sites for hydroxylation is 2. The Morgan fingerprint density at radius 3 is 2.43 bits per heavy atom. The normalized spacial score (nSPS) is 11.3. The Kier molecular flexibility index (Phi) is 7.47. The van der Waals surface area contributed by atoms with Crippen molar-refractivity contribution in [2.24, 2.45) is 0 Å². The minimum absolute atomic E-state index is 0.0234. The highest BCUT2D eigenvalue weighted by Crippen LogP contribution is 2.26. The first-order valence-electron chi connectivity index (χ1n) is 7.22. The van der Waals surface area contributed by atoms with E-state index in [-0.39, 0.29) is 17.2 Å². The van der Waals surface area contributed by atoms with E-state index >= 15 is 0 Å². The summed E-state index contributed by atoms with van der Waals surface area (Å²) in [5.74, 6) is -0.145. The van der Waals surface area contributed by atoms with Crippen LogP contribution < -0.4 is 14.8 Å². The van der Waals surface area contributed by atoms with Gasteiger partial charge < -0.3 is 14.8 Å². The Balaban J connectivity index is 2.73. The molecule has 0 atom stereocenters. The largest absolute Gasteiger partial charge is 0.495 e. The lowest BCUT2D eigenvalue weighted by Gasteiger charge is -2.13. The van der Waals surface area contributed by atoms with Crippen molar-refractivity contribution in [3.05, 3.63) is 23.3 Å². The van der Waals surface area contributed by atoms with Gasteiger partial charge in [-0.05, 0) is 43.5 Å². The van der Waals surface area contributed by atoms with Gasteiger partial charge in [0.15, 0.2) is 0 Å². The zero-order chi connectivity index (χ0) is 17.5. The van der Waals surface area contributed by atoms with E-state index in [0.717, 1.165) is 11.1 Å². The molecule has 0 aliphatic rings. The number of ether oxygens (including phenoxy) is 2. The Morgan fingerprint density at radius 1 is 1.17 bits per heavy atom. The van der Waals surface area contributed by atoms with E-state index < -0.39 is 15.9 Å². The van der Waals surface area contributed by atoms with Crippen LogP contribution in [0, 0.1) is 13.8 Å². The summed E-state index contributed by atoms with van der Waals surface area (Å²) >= 11 is 0. The molecule has 1 rings (SSSR count). The molecule has 0 spiro atoms. The average Bonchev–Trinajstić information content (AvgIpc) is 2.51. The molecule has 23 heavy (non-hydrogen) atoms. The van der Waals surface area contributed by atoms with E-state index in [1.165, 1.54) is 13.2 Å². The molecule has 0 aliphatic carbocycles. The number of amides is 1. The van der Waals surface area contributed by atoms with Crippen molar-refractivity contribution in [1.29, 1.82) is 0 Å². The molecule has 7 nitrogen and oxygen atoms in total. The van der Waals surface area contributed by atoms with Crippen molar-refractivity contribution in [1.82, 2.24) is 10.0 Å². The molecule has 1 amide bonds. The second-order valence-corrected chi connectivity index (χ2v) is 6.84. The third kappa shape index (κ3) is 5.81. The third-order valence-electron chi connectivity index (χ3n) is 3.34. The number of carbonyl (C=O) groups is 1. The second kappa shape index (κ2) is 8.85. The van der Waals surface area contributed by atoms with Crippen molar-refractivity contribution in [3.8, 4) is 5.75 Å². The monoisotopic (exact) mass is 344 g/mol. The molecule has 1 aromatic rings. The Labute approximate surface area is 137 Å². The number of rotatable bonds is 9. The zero-order valence-electron chi connectivity index (χ0n) is 13.9. The Morgan fingerprint density at radius 2 is 1.83 bits per heavy atom. The highest BCUT2D eigenvalue weighted by Gasteiger charge is 2.21. The molecule has 0 saturated carbocycles. The van der Waals surface area contributed by atoms with Crippen LogP contribution in [-0.2, 0) is 19.6 Å². The van der Waals surface area contributed by atoms with E-state index in [0.29, 0.717) is 19.6 Å². The SMILES string of the molecule is COCCCNC(=O)CNS(=O)(=O)c1cc(C)c(C)cc1OC. The second-order valence-electron chi connectivity index (χ2n) is 5.11. The minimum atomic E-state index is -3.83. The number of sulfonamides is 1. The lowest BCUT2D eigenvalue weighted by atomic mass is 10.1. The van der Waals surface area contributed by atoms with Crippen LogP contribution in [0.25, 0.3) is 0 Å². The number of hydrogen-bond donors (Lipinski definition) is 2. The molecule has 8 heteroatoms. The fraction of sp³-hybridized carbons (Fsp3) is 0.533. The number of nitrogens with one attached hydrogen (secondary N) is 2. The molecule has 1 aromatic carbocycles. The number of carbonyl (C=O) groups excluding carboxylic acids is 1. The molecule has 0 unspecified atom stereocenters. The Hall–Kier alpha value is -1.64. The maximum atomic E-state index is 12.4. The molecule has 0 saturated heterocycles. The van der Waals surface area contributed by atoms with Gasteiger partial charge >= 0.3 is 0 Å². The van der Waals surface area contributed by atoms with Crippen molar-refractivity contribution in [3.63, 3.8) is 0 Å². The summed E-state index contributed by atoms with van der Waals surface area (Å²) in [5.41, 5.74) is 1.76. The molecule has 0 heterocycles. The zero-order valence-corrected chi connectivity index (χ0v) is 14.7. The smallest absolute Gasteiger partial charge is 0.244 e. The van der Waals surface area contributed by atoms with E-state index in [4.69, 9.17) is 9.47 Å². The molecule has 2 N–H and O–H groups in total. The van der Waals surface area contributed by atoms with Crippen molar-refractivity contribution >= 4 is 15.9 Å². The highest BCUT2D eigenvalue weighted by molar-refractivity contribution is 7.89. The van der Waals surface area contributed by atoms with Crippen LogP contribution in [0.3, 0.4) is 0 Å². The highest BCUT2D eigenvalue weighted by atomic mass is 32.2. The summed E-state index contributed by atoms with van der Waals surface area (Å²) in [7, 11) is -0.848. The van der Waals surface area contributed by atoms with Crippen LogP contribution in [0.15, 0.2) is 17.0 Å². The molecule has 0 bridgehead atoms. The molecular formula is C15H24N2O5S. The van der Waals surface area contributed by atoms with Gasteiger partial charge in [-0.1, -0.05) is 0 Å². The first-order chi connectivity index (χ1) is 10.8. The van der Waals surface area contributed by atoms with Crippen LogP contribution in [0.1, 0.15) is 17.5 Å². The fourth-order valence-corrected chi connectivity index (χ4v) is 3.09. The van der Waals surface area contributed by atoms with E-state index in [2.05, 4.69) is 10.0 Å². The fourth-order valence-electron chi connectivity index (χ4n) is 1.88. The van der Waals surface area contributed by atoms with Gasteiger partial charge in [0, 0.05) is 20.3 Å². The maximum Gasteiger partial charge on any atom is 0.244 e. The molecule has 0 radical (unpaired) electrons. The van der Waals surface area contributed by atoms with E-state index in [1.807, 2.05) is 13.8 Å². The number of benzene rings is 1. The third-order valence-corrected chi connectivity index (χ3v) is 4.76. The number of hydrogen-bond acceptors (Lipinski definition) is 5. The van der Waals surface area contributed by atoms with Gasteiger partial charge in [-0.2, -0.15) is 0 Å². The molecule has 0 aliphatic heterocycles. The summed E-state index contributed by atoms with van der Waals surface area (Å²) in [6.45, 7) is 4.32. The first kappa shape index (κ1) is 19.4. The lowest BCUT2D eigenvalue weighted by molar-refractivity contribution is -0.120. The van der Waals surface area contributed by atoms with Crippen molar-refractivity contribution < 1.29 is 22.7 Å². The van der Waals surface area contributed by atoms with Gasteiger partial charge in [0.1, 0.15) is 10.6 Å². The standard InChI is InChI=1S/C15H24N2O5S/c1-11-8-13(22-4)14(9-12(11)2)23(19,20)17-10-15(18)16-6-5-7-21-3/h8-9,17H,5-7,10H2,1-4H3,(H,16,18). The van der Waals surface area contributed by atoms with Gasteiger partial charge in [-0.15, -0.1) is 0 Å². The van der Waals surface area contributed by atoms with Crippen molar-refractivity contribution in [2.75, 3.05) is 33.9 Å². The molecule has 130 valence electrons.